The first-order valence-corrected chi connectivity index (χ1v) is 10.9. The van der Waals surface area contributed by atoms with Crippen LogP contribution in [0, 0.1) is 17.3 Å². The molecule has 5 unspecified atom stereocenters. The Bertz CT molecular complexity index is 539. The van der Waals surface area contributed by atoms with Crippen molar-refractivity contribution in [3.63, 3.8) is 0 Å². The van der Waals surface area contributed by atoms with Gasteiger partial charge in [0.15, 0.2) is 6.29 Å². The van der Waals surface area contributed by atoms with Crippen LogP contribution in [0.4, 0.5) is 0 Å². The normalized spacial score (nSPS) is 31.1. The summed E-state index contributed by atoms with van der Waals surface area (Å²) >= 11 is 0. The molecule has 1 rings (SSSR count). The van der Waals surface area contributed by atoms with E-state index < -0.39 is 55.6 Å². The molecule has 1 aliphatic heterocycles. The van der Waals surface area contributed by atoms with E-state index in [1.54, 1.807) is 6.92 Å². The molecule has 1 heterocycles. The molecule has 0 saturated carbocycles. The molecule has 0 amide bonds. The lowest BCUT2D eigenvalue weighted by Gasteiger charge is -2.40. The summed E-state index contributed by atoms with van der Waals surface area (Å²) in [5, 5.41) is 62.6. The van der Waals surface area contributed by atoms with Crippen molar-refractivity contribution in [1.29, 1.82) is 0 Å². The van der Waals surface area contributed by atoms with Gasteiger partial charge in [-0.15, -0.1) is 0 Å². The molecule has 1 saturated heterocycles. The predicted octanol–water partition coefficient (Wildman–Crippen LogP) is -1.26. The molecule has 1 aliphatic rings. The van der Waals surface area contributed by atoms with Gasteiger partial charge in [0.2, 0.25) is 0 Å². The van der Waals surface area contributed by atoms with Crippen LogP contribution in [0.2, 0.25) is 0 Å². The van der Waals surface area contributed by atoms with Crippen LogP contribution in [0.25, 0.3) is 0 Å². The Morgan fingerprint density at radius 1 is 1.13 bits per heavy atom. The summed E-state index contributed by atoms with van der Waals surface area (Å²) in [6.45, 7) is 9.19. The summed E-state index contributed by atoms with van der Waals surface area (Å²) < 4.78 is 10.8. The van der Waals surface area contributed by atoms with Crippen LogP contribution in [0.15, 0.2) is 0 Å². The minimum Gasteiger partial charge on any atom is -0.394 e. The van der Waals surface area contributed by atoms with Crippen molar-refractivity contribution < 1.29 is 44.9 Å². The standard InChI is InChI=1S/C21H41NO9/c1-6-22-19(29)15(25)12(7-13(24)11(2)8-21(3,4)5)10-30-20-18(28)17(27)16(26)14(9-23)31-20/h11-12,14-20,22-23,25-29H,6-10H2,1-5H3/t11?,12-,14?,15-,16+,17?,18?,19-,20?/m0/s1. The molecule has 9 atom stereocenters. The second-order valence-electron chi connectivity index (χ2n) is 9.62. The molecular formula is C21H41NO9. The van der Waals surface area contributed by atoms with Crippen LogP contribution >= 0.6 is 0 Å². The number of Topliss-reactive ketones (excluding diaryl/α,β-unsaturated/α-hetero) is 1. The summed E-state index contributed by atoms with van der Waals surface area (Å²) in [5.74, 6) is -1.19. The number of hydrogen-bond donors (Lipinski definition) is 7. The number of carbonyl (C=O) groups is 1. The zero-order valence-electron chi connectivity index (χ0n) is 19.1. The Balaban J connectivity index is 2.88. The van der Waals surface area contributed by atoms with Crippen LogP contribution in [0.3, 0.4) is 0 Å². The van der Waals surface area contributed by atoms with Crippen molar-refractivity contribution in [2.45, 2.75) is 90.5 Å². The molecule has 0 aromatic carbocycles. The lowest BCUT2D eigenvalue weighted by atomic mass is 9.81. The third-order valence-electron chi connectivity index (χ3n) is 5.47. The van der Waals surface area contributed by atoms with Crippen LogP contribution in [0.5, 0.6) is 0 Å². The highest BCUT2D eigenvalue weighted by atomic mass is 16.7. The number of rotatable bonds is 12. The first-order valence-electron chi connectivity index (χ1n) is 10.9. The SMILES string of the molecule is CCN[C@@H](O)[C@@H](O)[C@H](COC1OC(CO)[C@@H](O)C(O)C1O)CC(=O)C(C)CC(C)(C)C. The molecule has 0 aromatic heterocycles. The van der Waals surface area contributed by atoms with Gasteiger partial charge in [-0.3, -0.25) is 10.1 Å². The van der Waals surface area contributed by atoms with Crippen molar-refractivity contribution in [3.8, 4) is 0 Å². The quantitative estimate of drug-likeness (QED) is 0.178. The summed E-state index contributed by atoms with van der Waals surface area (Å²) in [4.78, 5) is 12.8. The summed E-state index contributed by atoms with van der Waals surface area (Å²) in [5.41, 5.74) is -0.0563. The first kappa shape index (κ1) is 28.3. The molecule has 10 heteroatoms. The molecule has 0 radical (unpaired) electrons. The average Bonchev–Trinajstić information content (AvgIpc) is 2.68. The highest BCUT2D eigenvalue weighted by molar-refractivity contribution is 5.81. The molecule has 184 valence electrons. The largest absolute Gasteiger partial charge is 0.394 e. The number of nitrogens with one attached hydrogen (secondary N) is 1. The van der Waals surface area contributed by atoms with Crippen LogP contribution in [-0.4, -0.2) is 99.2 Å². The van der Waals surface area contributed by atoms with Gasteiger partial charge in [0.05, 0.1) is 19.3 Å². The van der Waals surface area contributed by atoms with Gasteiger partial charge in [0.25, 0.3) is 0 Å². The second-order valence-corrected chi connectivity index (χ2v) is 9.62. The fourth-order valence-corrected chi connectivity index (χ4v) is 3.78. The first-order chi connectivity index (χ1) is 14.3. The molecule has 1 fully saturated rings. The second kappa shape index (κ2) is 12.5. The molecule has 31 heavy (non-hydrogen) atoms. The van der Waals surface area contributed by atoms with E-state index in [0.29, 0.717) is 13.0 Å². The van der Waals surface area contributed by atoms with Gasteiger partial charge >= 0.3 is 0 Å². The Morgan fingerprint density at radius 2 is 1.74 bits per heavy atom. The van der Waals surface area contributed by atoms with Gasteiger partial charge in [-0.25, -0.2) is 0 Å². The van der Waals surface area contributed by atoms with Crippen molar-refractivity contribution in [2.24, 2.45) is 17.3 Å². The van der Waals surface area contributed by atoms with Crippen molar-refractivity contribution in [3.05, 3.63) is 0 Å². The zero-order valence-corrected chi connectivity index (χ0v) is 19.1. The molecular weight excluding hydrogens is 410 g/mol. The molecule has 0 aromatic rings. The van der Waals surface area contributed by atoms with Crippen molar-refractivity contribution in [1.82, 2.24) is 5.32 Å². The summed E-state index contributed by atoms with van der Waals surface area (Å²) in [6.07, 6.45) is -9.27. The van der Waals surface area contributed by atoms with Crippen molar-refractivity contribution in [2.75, 3.05) is 19.8 Å². The van der Waals surface area contributed by atoms with Crippen LogP contribution < -0.4 is 5.32 Å². The Labute approximate surface area is 184 Å². The summed E-state index contributed by atoms with van der Waals surface area (Å²) in [7, 11) is 0. The third kappa shape index (κ3) is 8.64. The Kier molecular flexibility index (Phi) is 11.4. The Morgan fingerprint density at radius 3 is 2.26 bits per heavy atom. The maximum atomic E-state index is 12.8. The van der Waals surface area contributed by atoms with Gasteiger partial charge in [-0.2, -0.15) is 0 Å². The van der Waals surface area contributed by atoms with E-state index in [2.05, 4.69) is 5.32 Å². The lowest BCUT2D eigenvalue weighted by Crippen LogP contribution is -2.59. The number of aliphatic hydroxyl groups excluding tert-OH is 6. The van der Waals surface area contributed by atoms with E-state index in [9.17, 15) is 35.4 Å². The third-order valence-corrected chi connectivity index (χ3v) is 5.47. The van der Waals surface area contributed by atoms with E-state index >= 15 is 0 Å². The molecule has 0 spiro atoms. The van der Waals surface area contributed by atoms with Crippen molar-refractivity contribution >= 4 is 5.78 Å². The molecule has 10 nitrogen and oxygen atoms in total. The smallest absolute Gasteiger partial charge is 0.186 e. The van der Waals surface area contributed by atoms with E-state index in [-0.39, 0.29) is 30.1 Å². The highest BCUT2D eigenvalue weighted by Gasteiger charge is 2.44. The van der Waals surface area contributed by atoms with Crippen LogP contribution in [0.1, 0.15) is 47.5 Å². The number of hydrogen-bond acceptors (Lipinski definition) is 10. The zero-order chi connectivity index (χ0) is 23.9. The molecule has 0 aliphatic carbocycles. The monoisotopic (exact) mass is 451 g/mol. The van der Waals surface area contributed by atoms with E-state index in [0.717, 1.165) is 0 Å². The van der Waals surface area contributed by atoms with E-state index in [4.69, 9.17) is 9.47 Å². The number of ketones is 1. The minimum atomic E-state index is -1.60. The van der Waals surface area contributed by atoms with Crippen LogP contribution in [-0.2, 0) is 14.3 Å². The maximum Gasteiger partial charge on any atom is 0.186 e. The fourth-order valence-electron chi connectivity index (χ4n) is 3.78. The Hall–Kier alpha value is -0.690. The van der Waals surface area contributed by atoms with Gasteiger partial charge < -0.3 is 40.1 Å². The summed E-state index contributed by atoms with van der Waals surface area (Å²) in [6, 6.07) is 0. The minimum absolute atomic E-state index is 0.0563. The van der Waals surface area contributed by atoms with Gasteiger partial charge in [0.1, 0.15) is 36.4 Å². The predicted molar refractivity (Wildman–Crippen MR) is 112 cm³/mol. The van der Waals surface area contributed by atoms with E-state index in [1.165, 1.54) is 0 Å². The number of ether oxygens (including phenoxy) is 2. The molecule has 0 bridgehead atoms. The topological polar surface area (TPSA) is 169 Å². The van der Waals surface area contributed by atoms with E-state index in [1.807, 2.05) is 27.7 Å². The lowest BCUT2D eigenvalue weighted by molar-refractivity contribution is -0.304. The van der Waals surface area contributed by atoms with Gasteiger partial charge in [-0.05, 0) is 18.4 Å². The number of carbonyl (C=O) groups excluding carboxylic acids is 1. The maximum absolute atomic E-state index is 12.8. The number of likely N-dealkylation sites (N-methyl/N-ethyl adjacent to an activating group) is 1. The van der Waals surface area contributed by atoms with Gasteiger partial charge in [0, 0.05) is 18.3 Å². The number of aliphatic hydroxyl groups is 6. The fraction of sp³-hybridized carbons (Fsp3) is 0.952. The van der Waals surface area contributed by atoms with Gasteiger partial charge in [-0.1, -0.05) is 34.6 Å². The highest BCUT2D eigenvalue weighted by Crippen LogP contribution is 2.28. The molecule has 7 N–H and O–H groups in total. The average molecular weight is 452 g/mol.